The van der Waals surface area contributed by atoms with Crippen molar-refractivity contribution in [2.75, 3.05) is 20.2 Å². The molecule has 2 rings (SSSR count). The van der Waals surface area contributed by atoms with Gasteiger partial charge < -0.3 is 10.1 Å². The fourth-order valence-corrected chi connectivity index (χ4v) is 3.03. The van der Waals surface area contributed by atoms with E-state index in [4.69, 9.17) is 4.74 Å². The van der Waals surface area contributed by atoms with E-state index < -0.39 is 0 Å². The van der Waals surface area contributed by atoms with Gasteiger partial charge in [-0.15, -0.1) is 0 Å². The molecular weight excluding hydrogens is 248 g/mol. The Morgan fingerprint density at radius 1 is 1.35 bits per heavy atom. The number of methoxy groups -OCH3 is 1. The summed E-state index contributed by atoms with van der Waals surface area (Å²) >= 11 is 0. The zero-order chi connectivity index (χ0) is 14.6. The van der Waals surface area contributed by atoms with Gasteiger partial charge >= 0.3 is 0 Å². The molecule has 0 spiro atoms. The monoisotopic (exact) mass is 276 g/mol. The molecule has 1 N–H and O–H groups in total. The van der Waals surface area contributed by atoms with Crippen molar-refractivity contribution in [1.29, 1.82) is 0 Å². The van der Waals surface area contributed by atoms with Crippen LogP contribution in [0.15, 0.2) is 24.3 Å². The summed E-state index contributed by atoms with van der Waals surface area (Å²) in [5, 5.41) is 3.75. The van der Waals surface area contributed by atoms with E-state index in [0.29, 0.717) is 6.04 Å². The van der Waals surface area contributed by atoms with Gasteiger partial charge in [-0.05, 0) is 37.5 Å². The van der Waals surface area contributed by atoms with Crippen LogP contribution in [-0.4, -0.2) is 36.7 Å². The summed E-state index contributed by atoms with van der Waals surface area (Å²) < 4.78 is 5.32. The van der Waals surface area contributed by atoms with Crippen LogP contribution in [0.2, 0.25) is 0 Å². The standard InChI is InChI=1S/C17H28N2O/c1-5-17(6-2)13-19(14(3)11-18-17)12-15-8-7-9-16(10-15)20-4/h7-10,14,18H,5-6,11-13H2,1-4H3. The maximum Gasteiger partial charge on any atom is 0.119 e. The van der Waals surface area contributed by atoms with E-state index in [2.05, 4.69) is 49.2 Å². The minimum atomic E-state index is 0.283. The lowest BCUT2D eigenvalue weighted by Gasteiger charge is -2.46. The number of nitrogens with zero attached hydrogens (tertiary/aromatic N) is 1. The van der Waals surface area contributed by atoms with Gasteiger partial charge in [0.1, 0.15) is 5.75 Å². The summed E-state index contributed by atoms with van der Waals surface area (Å²) in [6.07, 6.45) is 2.37. The second-order valence-corrected chi connectivity index (χ2v) is 5.97. The van der Waals surface area contributed by atoms with Crippen molar-refractivity contribution in [3.63, 3.8) is 0 Å². The number of hydrogen-bond donors (Lipinski definition) is 1. The molecule has 1 heterocycles. The Hall–Kier alpha value is -1.06. The molecule has 0 aliphatic carbocycles. The Balaban J connectivity index is 2.09. The van der Waals surface area contributed by atoms with Crippen LogP contribution in [0.3, 0.4) is 0 Å². The van der Waals surface area contributed by atoms with Gasteiger partial charge in [0.25, 0.3) is 0 Å². The van der Waals surface area contributed by atoms with Crippen LogP contribution in [-0.2, 0) is 6.54 Å². The molecule has 1 saturated heterocycles. The minimum Gasteiger partial charge on any atom is -0.497 e. The molecule has 1 aromatic carbocycles. The molecule has 0 saturated carbocycles. The second kappa shape index (κ2) is 6.59. The number of hydrogen-bond acceptors (Lipinski definition) is 3. The van der Waals surface area contributed by atoms with Crippen LogP contribution in [0.4, 0.5) is 0 Å². The van der Waals surface area contributed by atoms with Crippen molar-refractivity contribution in [3.8, 4) is 5.75 Å². The highest BCUT2D eigenvalue weighted by Crippen LogP contribution is 2.24. The van der Waals surface area contributed by atoms with Crippen molar-refractivity contribution in [2.24, 2.45) is 0 Å². The Morgan fingerprint density at radius 3 is 2.75 bits per heavy atom. The Labute approximate surface area is 123 Å². The van der Waals surface area contributed by atoms with Crippen LogP contribution in [0, 0.1) is 0 Å². The topological polar surface area (TPSA) is 24.5 Å². The maximum absolute atomic E-state index is 5.32. The van der Waals surface area contributed by atoms with Crippen LogP contribution in [0.1, 0.15) is 39.2 Å². The molecule has 1 fully saturated rings. The van der Waals surface area contributed by atoms with Crippen LogP contribution in [0.25, 0.3) is 0 Å². The van der Waals surface area contributed by atoms with E-state index in [9.17, 15) is 0 Å². The predicted molar refractivity (Wildman–Crippen MR) is 84.2 cm³/mol. The van der Waals surface area contributed by atoms with Gasteiger partial charge in [-0.2, -0.15) is 0 Å². The van der Waals surface area contributed by atoms with E-state index in [-0.39, 0.29) is 5.54 Å². The molecular formula is C17H28N2O. The number of rotatable bonds is 5. The van der Waals surface area contributed by atoms with E-state index in [1.54, 1.807) is 7.11 Å². The van der Waals surface area contributed by atoms with E-state index in [0.717, 1.165) is 25.4 Å². The SMILES string of the molecule is CCC1(CC)CN(Cc2cccc(OC)c2)C(C)CN1. The van der Waals surface area contributed by atoms with Crippen molar-refractivity contribution in [3.05, 3.63) is 29.8 Å². The van der Waals surface area contributed by atoms with Crippen molar-refractivity contribution in [1.82, 2.24) is 10.2 Å². The first-order chi connectivity index (χ1) is 9.62. The summed E-state index contributed by atoms with van der Waals surface area (Å²) in [4.78, 5) is 2.60. The molecule has 1 aliphatic rings. The summed E-state index contributed by atoms with van der Waals surface area (Å²) in [5.74, 6) is 0.947. The normalized spacial score (nSPS) is 22.7. The quantitative estimate of drug-likeness (QED) is 0.894. The molecule has 0 radical (unpaired) electrons. The highest BCUT2D eigenvalue weighted by atomic mass is 16.5. The van der Waals surface area contributed by atoms with E-state index >= 15 is 0 Å². The molecule has 1 unspecified atom stereocenters. The zero-order valence-corrected chi connectivity index (χ0v) is 13.3. The molecule has 0 aromatic heterocycles. The largest absolute Gasteiger partial charge is 0.497 e. The predicted octanol–water partition coefficient (Wildman–Crippen LogP) is 3.05. The van der Waals surface area contributed by atoms with Crippen molar-refractivity contribution >= 4 is 0 Å². The minimum absolute atomic E-state index is 0.283. The first kappa shape index (κ1) is 15.3. The third kappa shape index (κ3) is 3.33. The number of piperazine rings is 1. The Bertz CT molecular complexity index is 429. The highest BCUT2D eigenvalue weighted by Gasteiger charge is 2.34. The summed E-state index contributed by atoms with van der Waals surface area (Å²) in [7, 11) is 1.73. The first-order valence-electron chi connectivity index (χ1n) is 7.74. The van der Waals surface area contributed by atoms with Crippen LogP contribution >= 0.6 is 0 Å². The van der Waals surface area contributed by atoms with Crippen LogP contribution in [0.5, 0.6) is 5.75 Å². The second-order valence-electron chi connectivity index (χ2n) is 5.97. The van der Waals surface area contributed by atoms with Gasteiger partial charge in [0.05, 0.1) is 7.11 Å². The first-order valence-corrected chi connectivity index (χ1v) is 7.74. The van der Waals surface area contributed by atoms with Crippen molar-refractivity contribution in [2.45, 2.75) is 51.7 Å². The zero-order valence-electron chi connectivity index (χ0n) is 13.3. The molecule has 3 heteroatoms. The molecule has 112 valence electrons. The van der Waals surface area contributed by atoms with Crippen molar-refractivity contribution < 1.29 is 4.74 Å². The number of benzene rings is 1. The molecule has 1 atom stereocenters. The Kier molecular flexibility index (Phi) is 5.06. The van der Waals surface area contributed by atoms with Gasteiger partial charge in [-0.1, -0.05) is 26.0 Å². The fraction of sp³-hybridized carbons (Fsp3) is 0.647. The van der Waals surface area contributed by atoms with Gasteiger partial charge in [-0.3, -0.25) is 4.90 Å². The maximum atomic E-state index is 5.32. The molecule has 20 heavy (non-hydrogen) atoms. The molecule has 1 aliphatic heterocycles. The molecule has 0 bridgehead atoms. The van der Waals surface area contributed by atoms with Gasteiger partial charge in [0.15, 0.2) is 0 Å². The molecule has 3 nitrogen and oxygen atoms in total. The Morgan fingerprint density at radius 2 is 2.10 bits per heavy atom. The fourth-order valence-electron chi connectivity index (χ4n) is 3.03. The van der Waals surface area contributed by atoms with E-state index in [1.807, 2.05) is 6.07 Å². The molecule has 1 aromatic rings. The van der Waals surface area contributed by atoms with Gasteiger partial charge in [0.2, 0.25) is 0 Å². The number of ether oxygens (including phenoxy) is 1. The third-order valence-electron chi connectivity index (χ3n) is 4.77. The van der Waals surface area contributed by atoms with Crippen LogP contribution < -0.4 is 10.1 Å². The summed E-state index contributed by atoms with van der Waals surface area (Å²) in [6.45, 7) is 10.1. The smallest absolute Gasteiger partial charge is 0.119 e. The lowest BCUT2D eigenvalue weighted by Crippen LogP contribution is -2.62. The lowest BCUT2D eigenvalue weighted by atomic mass is 9.88. The van der Waals surface area contributed by atoms with Gasteiger partial charge in [-0.25, -0.2) is 0 Å². The lowest BCUT2D eigenvalue weighted by molar-refractivity contribution is 0.0745. The molecule has 0 amide bonds. The summed E-state index contributed by atoms with van der Waals surface area (Å²) in [6, 6.07) is 9.00. The third-order valence-corrected chi connectivity index (χ3v) is 4.77. The van der Waals surface area contributed by atoms with E-state index in [1.165, 1.54) is 18.4 Å². The highest BCUT2D eigenvalue weighted by molar-refractivity contribution is 5.28. The summed E-state index contributed by atoms with van der Waals surface area (Å²) in [5.41, 5.74) is 1.62. The average Bonchev–Trinajstić information content (AvgIpc) is 2.50. The number of nitrogens with one attached hydrogen (secondary N) is 1. The average molecular weight is 276 g/mol. The van der Waals surface area contributed by atoms with Gasteiger partial charge in [0, 0.05) is 31.2 Å².